The van der Waals surface area contributed by atoms with E-state index < -0.39 is 6.10 Å². The molecule has 0 spiro atoms. The van der Waals surface area contributed by atoms with Crippen molar-refractivity contribution in [2.75, 3.05) is 13.1 Å². The van der Waals surface area contributed by atoms with E-state index in [2.05, 4.69) is 4.98 Å². The van der Waals surface area contributed by atoms with Crippen LogP contribution in [0.15, 0.2) is 18.3 Å². The lowest BCUT2D eigenvalue weighted by Crippen LogP contribution is -2.46. The average molecular weight is 236 g/mol. The van der Waals surface area contributed by atoms with Gasteiger partial charge in [-0.05, 0) is 24.5 Å². The van der Waals surface area contributed by atoms with Crippen molar-refractivity contribution in [3.63, 3.8) is 0 Å². The van der Waals surface area contributed by atoms with E-state index in [1.165, 1.54) is 17.2 Å². The number of aromatic nitrogens is 1. The Morgan fingerprint density at radius 3 is 3.00 bits per heavy atom. The van der Waals surface area contributed by atoms with Crippen LogP contribution in [0.2, 0.25) is 0 Å². The highest BCUT2D eigenvalue weighted by Gasteiger charge is 2.29. The molecule has 0 radical (unpaired) electrons. The SMILES string of the molecule is CC1CCN(C(=O)c2ncccc2O)CC1O. The van der Waals surface area contributed by atoms with Crippen molar-refractivity contribution >= 4 is 5.91 Å². The number of nitrogens with zero attached hydrogens (tertiary/aromatic N) is 2. The number of carbonyl (C=O) groups is 1. The molecule has 0 aromatic carbocycles. The van der Waals surface area contributed by atoms with Gasteiger partial charge < -0.3 is 15.1 Å². The minimum atomic E-state index is -0.501. The van der Waals surface area contributed by atoms with Crippen LogP contribution in [0, 0.1) is 5.92 Å². The highest BCUT2D eigenvalue weighted by molar-refractivity contribution is 5.94. The largest absolute Gasteiger partial charge is 0.505 e. The van der Waals surface area contributed by atoms with Gasteiger partial charge in [-0.15, -0.1) is 0 Å². The van der Waals surface area contributed by atoms with E-state index in [4.69, 9.17) is 0 Å². The summed E-state index contributed by atoms with van der Waals surface area (Å²) in [4.78, 5) is 17.5. The van der Waals surface area contributed by atoms with Crippen molar-refractivity contribution in [2.24, 2.45) is 5.92 Å². The normalized spacial score (nSPS) is 24.7. The number of carbonyl (C=O) groups excluding carboxylic acids is 1. The van der Waals surface area contributed by atoms with Crippen LogP contribution in [0.3, 0.4) is 0 Å². The molecule has 1 fully saturated rings. The van der Waals surface area contributed by atoms with Gasteiger partial charge in [0.1, 0.15) is 5.75 Å². The summed E-state index contributed by atoms with van der Waals surface area (Å²) >= 11 is 0. The first-order chi connectivity index (χ1) is 8.09. The summed E-state index contributed by atoms with van der Waals surface area (Å²) in [5.41, 5.74) is 0.0502. The van der Waals surface area contributed by atoms with Crippen LogP contribution in [0.5, 0.6) is 5.75 Å². The number of hydrogen-bond acceptors (Lipinski definition) is 4. The molecule has 2 N–H and O–H groups in total. The summed E-state index contributed by atoms with van der Waals surface area (Å²) in [6.45, 7) is 2.85. The number of amides is 1. The topological polar surface area (TPSA) is 73.7 Å². The van der Waals surface area contributed by atoms with Crippen LogP contribution in [-0.4, -0.2) is 45.2 Å². The lowest BCUT2D eigenvalue weighted by atomic mass is 9.96. The van der Waals surface area contributed by atoms with Crippen molar-refractivity contribution in [2.45, 2.75) is 19.4 Å². The van der Waals surface area contributed by atoms with Gasteiger partial charge >= 0.3 is 0 Å². The Hall–Kier alpha value is -1.62. The Labute approximate surface area is 99.7 Å². The third-order valence-corrected chi connectivity index (χ3v) is 3.19. The van der Waals surface area contributed by atoms with Crippen molar-refractivity contribution < 1.29 is 15.0 Å². The molecule has 0 bridgehead atoms. The number of aliphatic hydroxyl groups excluding tert-OH is 1. The second-order valence-corrected chi connectivity index (χ2v) is 4.46. The molecule has 1 aliphatic rings. The van der Waals surface area contributed by atoms with Crippen molar-refractivity contribution in [1.82, 2.24) is 9.88 Å². The van der Waals surface area contributed by atoms with Crippen LogP contribution in [0.4, 0.5) is 0 Å². The zero-order chi connectivity index (χ0) is 12.4. The molecule has 2 rings (SSSR count). The standard InChI is InChI=1S/C12H16N2O3/c1-8-4-6-14(7-10(8)16)12(17)11-9(15)3-2-5-13-11/h2-3,5,8,10,15-16H,4,6-7H2,1H3. The number of piperidine rings is 1. The summed E-state index contributed by atoms with van der Waals surface area (Å²) < 4.78 is 0. The molecular weight excluding hydrogens is 220 g/mol. The van der Waals surface area contributed by atoms with E-state index in [0.29, 0.717) is 13.1 Å². The molecule has 17 heavy (non-hydrogen) atoms. The number of aromatic hydroxyl groups is 1. The third kappa shape index (κ3) is 2.39. The summed E-state index contributed by atoms with van der Waals surface area (Å²) in [6, 6.07) is 3.00. The zero-order valence-electron chi connectivity index (χ0n) is 9.71. The maximum absolute atomic E-state index is 12.1. The first kappa shape index (κ1) is 11.9. The molecule has 1 aliphatic heterocycles. The van der Waals surface area contributed by atoms with E-state index in [1.807, 2.05) is 6.92 Å². The van der Waals surface area contributed by atoms with Gasteiger partial charge in [-0.25, -0.2) is 4.98 Å². The van der Waals surface area contributed by atoms with Gasteiger partial charge in [0.25, 0.3) is 5.91 Å². The van der Waals surface area contributed by atoms with Gasteiger partial charge in [0, 0.05) is 19.3 Å². The predicted molar refractivity (Wildman–Crippen MR) is 61.6 cm³/mol. The van der Waals surface area contributed by atoms with Gasteiger partial charge in [-0.1, -0.05) is 6.92 Å². The van der Waals surface area contributed by atoms with Crippen molar-refractivity contribution in [3.05, 3.63) is 24.0 Å². The van der Waals surface area contributed by atoms with Crippen molar-refractivity contribution in [1.29, 1.82) is 0 Å². The number of likely N-dealkylation sites (tertiary alicyclic amines) is 1. The molecule has 5 heteroatoms. The minimum Gasteiger partial charge on any atom is -0.505 e. The Morgan fingerprint density at radius 2 is 2.35 bits per heavy atom. The van der Waals surface area contributed by atoms with E-state index in [0.717, 1.165) is 6.42 Å². The summed E-state index contributed by atoms with van der Waals surface area (Å²) in [7, 11) is 0. The second-order valence-electron chi connectivity index (χ2n) is 4.46. The lowest BCUT2D eigenvalue weighted by molar-refractivity contribution is 0.0243. The van der Waals surface area contributed by atoms with Gasteiger partial charge in [0.2, 0.25) is 0 Å². The quantitative estimate of drug-likeness (QED) is 0.750. The van der Waals surface area contributed by atoms with Crippen LogP contribution in [-0.2, 0) is 0 Å². The molecule has 2 heterocycles. The Kier molecular flexibility index (Phi) is 3.28. The van der Waals surface area contributed by atoms with E-state index in [1.54, 1.807) is 6.07 Å². The third-order valence-electron chi connectivity index (χ3n) is 3.19. The van der Waals surface area contributed by atoms with Crippen LogP contribution in [0.1, 0.15) is 23.8 Å². The fraction of sp³-hybridized carbons (Fsp3) is 0.500. The molecule has 5 nitrogen and oxygen atoms in total. The van der Waals surface area contributed by atoms with E-state index in [-0.39, 0.29) is 23.3 Å². The monoisotopic (exact) mass is 236 g/mol. The molecule has 92 valence electrons. The number of hydrogen-bond donors (Lipinski definition) is 2. The van der Waals surface area contributed by atoms with Crippen molar-refractivity contribution in [3.8, 4) is 5.75 Å². The highest BCUT2D eigenvalue weighted by Crippen LogP contribution is 2.21. The molecule has 0 aliphatic carbocycles. The number of pyridine rings is 1. The smallest absolute Gasteiger partial charge is 0.276 e. The molecule has 1 amide bonds. The summed E-state index contributed by atoms with van der Waals surface area (Å²) in [5.74, 6) is -0.240. The molecule has 1 aromatic rings. The van der Waals surface area contributed by atoms with Crippen LogP contribution >= 0.6 is 0 Å². The number of rotatable bonds is 1. The Bertz CT molecular complexity index is 422. The molecule has 0 saturated carbocycles. The molecule has 1 saturated heterocycles. The first-order valence-corrected chi connectivity index (χ1v) is 5.71. The second kappa shape index (κ2) is 4.71. The van der Waals surface area contributed by atoms with Gasteiger partial charge in [0.05, 0.1) is 6.10 Å². The summed E-state index contributed by atoms with van der Waals surface area (Å²) in [5, 5.41) is 19.3. The fourth-order valence-electron chi connectivity index (χ4n) is 1.94. The van der Waals surface area contributed by atoms with Gasteiger partial charge in [0.15, 0.2) is 5.69 Å². The minimum absolute atomic E-state index is 0.0502. The van der Waals surface area contributed by atoms with Gasteiger partial charge in [-0.3, -0.25) is 4.79 Å². The van der Waals surface area contributed by atoms with Crippen LogP contribution in [0.25, 0.3) is 0 Å². The Morgan fingerprint density at radius 1 is 1.59 bits per heavy atom. The molecule has 1 aromatic heterocycles. The zero-order valence-corrected chi connectivity index (χ0v) is 9.71. The van der Waals surface area contributed by atoms with E-state index in [9.17, 15) is 15.0 Å². The van der Waals surface area contributed by atoms with E-state index >= 15 is 0 Å². The Balaban J connectivity index is 2.14. The maximum atomic E-state index is 12.1. The number of β-amino-alcohol motifs (C(OH)–C–C–N with tert-alkyl or cyclic N) is 1. The lowest BCUT2D eigenvalue weighted by Gasteiger charge is -2.34. The number of aliphatic hydroxyl groups is 1. The maximum Gasteiger partial charge on any atom is 0.276 e. The van der Waals surface area contributed by atoms with Crippen LogP contribution < -0.4 is 0 Å². The summed E-state index contributed by atoms with van der Waals surface area (Å²) in [6.07, 6.45) is 1.73. The average Bonchev–Trinajstić information content (AvgIpc) is 2.32. The van der Waals surface area contributed by atoms with Gasteiger partial charge in [-0.2, -0.15) is 0 Å². The molecule has 2 atom stereocenters. The highest BCUT2D eigenvalue weighted by atomic mass is 16.3. The molecule has 2 unspecified atom stereocenters. The fourth-order valence-corrected chi connectivity index (χ4v) is 1.94. The molecular formula is C12H16N2O3. The predicted octanol–water partition coefficient (Wildman–Crippen LogP) is 0.630. The first-order valence-electron chi connectivity index (χ1n) is 5.71.